The lowest BCUT2D eigenvalue weighted by Gasteiger charge is -2.16. The highest BCUT2D eigenvalue weighted by Crippen LogP contribution is 2.42. The zero-order valence-electron chi connectivity index (χ0n) is 12.4. The van der Waals surface area contributed by atoms with Gasteiger partial charge >= 0.3 is 0 Å². The minimum atomic E-state index is 0.865. The van der Waals surface area contributed by atoms with E-state index in [1.54, 1.807) is 0 Å². The molecule has 0 unspecified atom stereocenters. The van der Waals surface area contributed by atoms with E-state index in [0.717, 1.165) is 5.69 Å². The lowest BCUT2D eigenvalue weighted by Crippen LogP contribution is -1.93. The van der Waals surface area contributed by atoms with E-state index in [9.17, 15) is 0 Å². The molecule has 0 radical (unpaired) electrons. The Morgan fingerprint density at radius 3 is 1.86 bits per heavy atom. The first-order valence-electron chi connectivity index (χ1n) is 7.60. The molecule has 5 aromatic rings. The molecule has 0 aliphatic heterocycles. The Kier molecular flexibility index (Phi) is 2.09. The van der Waals surface area contributed by atoms with Crippen molar-refractivity contribution in [2.45, 2.75) is 6.92 Å². The van der Waals surface area contributed by atoms with Crippen LogP contribution in [0.25, 0.3) is 43.1 Å². The third kappa shape index (κ3) is 1.29. The maximum atomic E-state index is 6.29. The molecule has 0 saturated heterocycles. The molecule has 0 bridgehead atoms. The van der Waals surface area contributed by atoms with Gasteiger partial charge in [0, 0.05) is 11.1 Å². The third-order valence-corrected chi connectivity index (χ3v) is 4.89. The van der Waals surface area contributed by atoms with Gasteiger partial charge in [0.1, 0.15) is 0 Å². The summed E-state index contributed by atoms with van der Waals surface area (Å²) in [4.78, 5) is 0. The van der Waals surface area contributed by atoms with E-state index >= 15 is 0 Å². The Morgan fingerprint density at radius 1 is 0.591 bits per heavy atom. The van der Waals surface area contributed by atoms with Crippen molar-refractivity contribution in [2.24, 2.45) is 0 Å². The molecule has 0 aliphatic carbocycles. The molecule has 0 atom stereocenters. The number of aryl methyl sites for hydroxylation is 1. The zero-order valence-corrected chi connectivity index (χ0v) is 12.4. The van der Waals surface area contributed by atoms with Crippen LogP contribution in [0.1, 0.15) is 5.56 Å². The van der Waals surface area contributed by atoms with Crippen molar-refractivity contribution in [3.8, 4) is 0 Å². The van der Waals surface area contributed by atoms with Crippen molar-refractivity contribution in [3.63, 3.8) is 0 Å². The van der Waals surface area contributed by atoms with Crippen LogP contribution in [-0.2, 0) is 0 Å². The Morgan fingerprint density at radius 2 is 1.18 bits per heavy atom. The molecule has 104 valence electrons. The molecule has 0 aromatic heterocycles. The minimum Gasteiger partial charge on any atom is -0.398 e. The summed E-state index contributed by atoms with van der Waals surface area (Å²) in [7, 11) is 0. The summed E-state index contributed by atoms with van der Waals surface area (Å²) in [6, 6.07) is 21.8. The zero-order chi connectivity index (χ0) is 14.8. The van der Waals surface area contributed by atoms with Crippen molar-refractivity contribution < 1.29 is 0 Å². The van der Waals surface area contributed by atoms with Gasteiger partial charge in [-0.3, -0.25) is 0 Å². The highest BCUT2D eigenvalue weighted by atomic mass is 14.6. The second-order valence-electron chi connectivity index (χ2n) is 6.09. The number of rotatable bonds is 0. The predicted molar refractivity (Wildman–Crippen MR) is 96.8 cm³/mol. The lowest BCUT2D eigenvalue weighted by molar-refractivity contribution is 1.55. The summed E-state index contributed by atoms with van der Waals surface area (Å²) in [6.07, 6.45) is 0. The van der Waals surface area contributed by atoms with E-state index in [-0.39, 0.29) is 0 Å². The van der Waals surface area contributed by atoms with E-state index in [0.29, 0.717) is 0 Å². The number of benzene rings is 5. The van der Waals surface area contributed by atoms with Gasteiger partial charge in [-0.1, -0.05) is 54.6 Å². The van der Waals surface area contributed by atoms with Gasteiger partial charge in [-0.15, -0.1) is 0 Å². The smallest absolute Gasteiger partial charge is 0.0397 e. The first-order chi connectivity index (χ1) is 10.8. The van der Waals surface area contributed by atoms with Crippen LogP contribution in [0.5, 0.6) is 0 Å². The van der Waals surface area contributed by atoms with Crippen LogP contribution in [0, 0.1) is 6.92 Å². The summed E-state index contributed by atoms with van der Waals surface area (Å²) in [6.45, 7) is 2.14. The van der Waals surface area contributed by atoms with E-state index in [2.05, 4.69) is 61.5 Å². The van der Waals surface area contributed by atoms with Crippen LogP contribution >= 0.6 is 0 Å². The largest absolute Gasteiger partial charge is 0.398 e. The minimum absolute atomic E-state index is 0.865. The first-order valence-corrected chi connectivity index (χ1v) is 7.60. The van der Waals surface area contributed by atoms with Gasteiger partial charge in [0.25, 0.3) is 0 Å². The van der Waals surface area contributed by atoms with Crippen molar-refractivity contribution in [2.75, 3.05) is 5.73 Å². The molecule has 1 nitrogen and oxygen atoms in total. The molecule has 0 spiro atoms. The summed E-state index contributed by atoms with van der Waals surface area (Å²) < 4.78 is 0. The topological polar surface area (TPSA) is 26.0 Å². The Hall–Kier alpha value is -2.80. The van der Waals surface area contributed by atoms with Gasteiger partial charge in [0.2, 0.25) is 0 Å². The molecule has 22 heavy (non-hydrogen) atoms. The number of anilines is 1. The number of hydrogen-bond acceptors (Lipinski definition) is 1. The Bertz CT molecular complexity index is 1100. The predicted octanol–water partition coefficient (Wildman–Crippen LogP) is 5.63. The van der Waals surface area contributed by atoms with Crippen molar-refractivity contribution >= 4 is 48.8 Å². The van der Waals surface area contributed by atoms with Gasteiger partial charge in [-0.2, -0.15) is 0 Å². The van der Waals surface area contributed by atoms with Gasteiger partial charge in [-0.25, -0.2) is 0 Å². The standard InChI is InChI=1S/C21H15N/c1-12-8-9-16-14-6-2-4-13-5-3-7-15(20(13)14)17-10-11-18(22)19(12)21(16)17/h2-11H,22H2,1H3. The Labute approximate surface area is 128 Å². The van der Waals surface area contributed by atoms with Crippen molar-refractivity contribution in [1.29, 1.82) is 0 Å². The molecule has 2 N–H and O–H groups in total. The maximum absolute atomic E-state index is 6.29. The molecule has 0 amide bonds. The van der Waals surface area contributed by atoms with Crippen LogP contribution in [0.2, 0.25) is 0 Å². The van der Waals surface area contributed by atoms with Crippen molar-refractivity contribution in [1.82, 2.24) is 0 Å². The molecular weight excluding hydrogens is 266 g/mol. The number of nitrogen functional groups attached to an aromatic ring is 1. The molecule has 0 fully saturated rings. The number of fused-ring (bicyclic) bond motifs is 2. The molecule has 0 aliphatic rings. The molecule has 1 heteroatoms. The van der Waals surface area contributed by atoms with E-state index in [1.807, 2.05) is 6.07 Å². The monoisotopic (exact) mass is 281 g/mol. The molecule has 5 aromatic carbocycles. The summed E-state index contributed by atoms with van der Waals surface area (Å²) in [5.74, 6) is 0. The highest BCUT2D eigenvalue weighted by Gasteiger charge is 2.14. The summed E-state index contributed by atoms with van der Waals surface area (Å²) in [5, 5.41) is 10.4. The van der Waals surface area contributed by atoms with Crippen LogP contribution in [0.15, 0.2) is 60.7 Å². The third-order valence-electron chi connectivity index (χ3n) is 4.89. The van der Waals surface area contributed by atoms with E-state index in [4.69, 9.17) is 5.73 Å². The first kappa shape index (κ1) is 11.8. The SMILES string of the molecule is Cc1ccc2c3cccc4cccc(c5ccc(N)c1c25)c43. The van der Waals surface area contributed by atoms with Gasteiger partial charge < -0.3 is 5.73 Å². The normalized spacial score (nSPS) is 12.0. The van der Waals surface area contributed by atoms with Crippen LogP contribution in [0.3, 0.4) is 0 Å². The van der Waals surface area contributed by atoms with Crippen LogP contribution in [0.4, 0.5) is 5.69 Å². The Balaban J connectivity index is 2.29. The van der Waals surface area contributed by atoms with E-state index < -0.39 is 0 Å². The molecule has 0 saturated carbocycles. The van der Waals surface area contributed by atoms with Gasteiger partial charge in [0.05, 0.1) is 0 Å². The fourth-order valence-electron chi connectivity index (χ4n) is 3.94. The van der Waals surface area contributed by atoms with E-state index in [1.165, 1.54) is 48.7 Å². The maximum Gasteiger partial charge on any atom is 0.0397 e. The lowest BCUT2D eigenvalue weighted by atomic mass is 9.88. The number of nitrogens with two attached hydrogens (primary N) is 1. The second kappa shape index (κ2) is 3.89. The van der Waals surface area contributed by atoms with Crippen LogP contribution < -0.4 is 5.73 Å². The quantitative estimate of drug-likeness (QED) is 0.222. The summed E-state index contributed by atoms with van der Waals surface area (Å²) in [5.41, 5.74) is 8.40. The average molecular weight is 281 g/mol. The highest BCUT2D eigenvalue weighted by molar-refractivity contribution is 6.34. The van der Waals surface area contributed by atoms with Gasteiger partial charge in [-0.05, 0) is 56.3 Å². The molecule has 5 rings (SSSR count). The van der Waals surface area contributed by atoms with Crippen molar-refractivity contribution in [3.05, 3.63) is 66.2 Å². The van der Waals surface area contributed by atoms with Crippen LogP contribution in [-0.4, -0.2) is 0 Å². The fourth-order valence-corrected chi connectivity index (χ4v) is 3.94. The molecular formula is C21H15N. The molecule has 0 heterocycles. The van der Waals surface area contributed by atoms with Gasteiger partial charge in [0.15, 0.2) is 0 Å². The second-order valence-corrected chi connectivity index (χ2v) is 6.09. The fraction of sp³-hybridized carbons (Fsp3) is 0.0476. The average Bonchev–Trinajstić information content (AvgIpc) is 2.54. The number of hydrogen-bond donors (Lipinski definition) is 1. The summed E-state index contributed by atoms with van der Waals surface area (Å²) >= 11 is 0.